The van der Waals surface area contributed by atoms with Gasteiger partial charge >= 0.3 is 0 Å². The molecule has 4 aromatic rings. The van der Waals surface area contributed by atoms with Crippen molar-refractivity contribution in [1.82, 2.24) is 19.7 Å². The van der Waals surface area contributed by atoms with Crippen LogP contribution in [0.5, 0.6) is 0 Å². The quantitative estimate of drug-likeness (QED) is 0.403. The van der Waals surface area contributed by atoms with Gasteiger partial charge in [0.05, 0.1) is 5.75 Å². The molecule has 0 aliphatic carbocycles. The Bertz CT molecular complexity index is 1230. The summed E-state index contributed by atoms with van der Waals surface area (Å²) in [6.45, 7) is 3.96. The number of carbonyl (C=O) groups excluding carboxylic acids is 1. The van der Waals surface area contributed by atoms with Crippen LogP contribution in [0.2, 0.25) is 5.02 Å². The highest BCUT2D eigenvalue weighted by molar-refractivity contribution is 7.99. The molecule has 0 aliphatic heterocycles. The topological polar surface area (TPSA) is 72.7 Å². The number of aryl methyl sites for hydroxylation is 2. The lowest BCUT2D eigenvalue weighted by Crippen LogP contribution is -2.15. The Kier molecular flexibility index (Phi) is 6.34. The predicted molar refractivity (Wildman–Crippen MR) is 125 cm³/mol. The number of anilines is 1. The minimum Gasteiger partial charge on any atom is -0.325 e. The SMILES string of the molecule is Cc1cccc(-n2c(SCC(=O)Nc3cc(Cl)ccc3C)nnc2-c2ccncc2)c1. The van der Waals surface area contributed by atoms with E-state index in [2.05, 4.69) is 26.6 Å². The summed E-state index contributed by atoms with van der Waals surface area (Å²) in [7, 11) is 0. The minimum atomic E-state index is -0.139. The lowest BCUT2D eigenvalue weighted by atomic mass is 10.2. The molecule has 0 radical (unpaired) electrons. The van der Waals surface area contributed by atoms with Crippen LogP contribution in [-0.2, 0) is 4.79 Å². The number of hydrogen-bond acceptors (Lipinski definition) is 5. The molecule has 0 fully saturated rings. The Morgan fingerprint density at radius 2 is 1.87 bits per heavy atom. The molecule has 0 saturated heterocycles. The van der Waals surface area contributed by atoms with Crippen molar-refractivity contribution in [3.63, 3.8) is 0 Å². The third kappa shape index (κ3) is 4.95. The summed E-state index contributed by atoms with van der Waals surface area (Å²) in [5, 5.41) is 12.9. The molecule has 4 rings (SSSR count). The van der Waals surface area contributed by atoms with E-state index in [-0.39, 0.29) is 11.7 Å². The van der Waals surface area contributed by atoms with Gasteiger partial charge in [-0.1, -0.05) is 41.6 Å². The van der Waals surface area contributed by atoms with Crippen LogP contribution in [0.3, 0.4) is 0 Å². The molecule has 0 spiro atoms. The molecule has 6 nitrogen and oxygen atoms in total. The molecular formula is C23H20ClN5OS. The number of nitrogens with zero attached hydrogens (tertiary/aromatic N) is 4. The molecule has 0 bridgehead atoms. The van der Waals surface area contributed by atoms with Crippen molar-refractivity contribution in [3.8, 4) is 17.1 Å². The van der Waals surface area contributed by atoms with Crippen LogP contribution in [0.1, 0.15) is 11.1 Å². The van der Waals surface area contributed by atoms with Crippen LogP contribution in [0.4, 0.5) is 5.69 Å². The number of pyridine rings is 1. The van der Waals surface area contributed by atoms with E-state index < -0.39 is 0 Å². The van der Waals surface area contributed by atoms with Crippen molar-refractivity contribution < 1.29 is 4.79 Å². The number of benzene rings is 2. The standard InChI is InChI=1S/C23H20ClN5OS/c1-15-4-3-5-19(12-15)29-22(17-8-10-25-11-9-17)27-28-23(29)31-14-21(30)26-20-13-18(24)7-6-16(20)2/h3-13H,14H2,1-2H3,(H,26,30). The first-order valence-corrected chi connectivity index (χ1v) is 11.0. The van der Waals surface area contributed by atoms with Gasteiger partial charge in [0.25, 0.3) is 0 Å². The molecule has 0 unspecified atom stereocenters. The molecule has 8 heteroatoms. The van der Waals surface area contributed by atoms with E-state index in [1.807, 2.05) is 54.8 Å². The Morgan fingerprint density at radius 1 is 1.06 bits per heavy atom. The highest BCUT2D eigenvalue weighted by Crippen LogP contribution is 2.28. The van der Waals surface area contributed by atoms with Crippen molar-refractivity contribution in [1.29, 1.82) is 0 Å². The number of aromatic nitrogens is 4. The average molecular weight is 450 g/mol. The monoisotopic (exact) mass is 449 g/mol. The number of carbonyl (C=O) groups is 1. The summed E-state index contributed by atoms with van der Waals surface area (Å²) >= 11 is 7.38. The lowest BCUT2D eigenvalue weighted by Gasteiger charge is -2.12. The Morgan fingerprint density at radius 3 is 2.65 bits per heavy atom. The first kappa shape index (κ1) is 21.1. The van der Waals surface area contributed by atoms with Crippen LogP contribution in [0.25, 0.3) is 17.1 Å². The van der Waals surface area contributed by atoms with E-state index in [4.69, 9.17) is 11.6 Å². The highest BCUT2D eigenvalue weighted by Gasteiger charge is 2.17. The smallest absolute Gasteiger partial charge is 0.234 e. The Balaban J connectivity index is 1.60. The van der Waals surface area contributed by atoms with Gasteiger partial charge in [-0.25, -0.2) is 0 Å². The maximum absolute atomic E-state index is 12.6. The second-order valence-electron chi connectivity index (χ2n) is 7.01. The highest BCUT2D eigenvalue weighted by atomic mass is 35.5. The number of thioether (sulfide) groups is 1. The first-order valence-electron chi connectivity index (χ1n) is 9.63. The van der Waals surface area contributed by atoms with Gasteiger partial charge in [-0.05, 0) is 61.4 Å². The summed E-state index contributed by atoms with van der Waals surface area (Å²) in [6.07, 6.45) is 3.44. The van der Waals surface area contributed by atoms with Gasteiger partial charge in [0, 0.05) is 34.4 Å². The number of rotatable bonds is 6. The minimum absolute atomic E-state index is 0.139. The summed E-state index contributed by atoms with van der Waals surface area (Å²) in [4.78, 5) is 16.7. The molecule has 1 amide bonds. The number of hydrogen-bond donors (Lipinski definition) is 1. The summed E-state index contributed by atoms with van der Waals surface area (Å²) in [5.41, 5.74) is 4.61. The molecular weight excluding hydrogens is 430 g/mol. The fourth-order valence-electron chi connectivity index (χ4n) is 3.10. The van der Waals surface area contributed by atoms with Crippen LogP contribution in [0, 0.1) is 13.8 Å². The second kappa shape index (κ2) is 9.32. The van der Waals surface area contributed by atoms with Crippen molar-refractivity contribution in [2.75, 3.05) is 11.1 Å². The van der Waals surface area contributed by atoms with Crippen molar-refractivity contribution in [2.45, 2.75) is 19.0 Å². The Labute approximate surface area is 189 Å². The van der Waals surface area contributed by atoms with Gasteiger partial charge in [-0.2, -0.15) is 0 Å². The molecule has 31 heavy (non-hydrogen) atoms. The summed E-state index contributed by atoms with van der Waals surface area (Å²) < 4.78 is 1.96. The van der Waals surface area contributed by atoms with Crippen molar-refractivity contribution >= 4 is 35.0 Å². The van der Waals surface area contributed by atoms with Crippen LogP contribution in [-0.4, -0.2) is 31.4 Å². The fourth-order valence-corrected chi connectivity index (χ4v) is 4.02. The number of halogens is 1. The van der Waals surface area contributed by atoms with Gasteiger partial charge in [-0.3, -0.25) is 14.3 Å². The average Bonchev–Trinajstić information content (AvgIpc) is 3.19. The van der Waals surface area contributed by atoms with E-state index in [0.29, 0.717) is 21.7 Å². The fraction of sp³-hybridized carbons (Fsp3) is 0.130. The first-order chi connectivity index (χ1) is 15.0. The van der Waals surface area contributed by atoms with Gasteiger partial charge in [0.15, 0.2) is 11.0 Å². The van der Waals surface area contributed by atoms with E-state index in [1.165, 1.54) is 11.8 Å². The zero-order valence-electron chi connectivity index (χ0n) is 17.0. The molecule has 2 aromatic heterocycles. The maximum Gasteiger partial charge on any atom is 0.234 e. The molecule has 0 aliphatic rings. The van der Waals surface area contributed by atoms with E-state index in [9.17, 15) is 4.79 Å². The van der Waals surface area contributed by atoms with E-state index in [0.717, 1.165) is 22.4 Å². The predicted octanol–water partition coefficient (Wildman–Crippen LogP) is 5.33. The summed E-state index contributed by atoms with van der Waals surface area (Å²) in [6, 6.07) is 17.3. The lowest BCUT2D eigenvalue weighted by molar-refractivity contribution is -0.113. The zero-order valence-corrected chi connectivity index (χ0v) is 18.6. The summed E-state index contributed by atoms with van der Waals surface area (Å²) in [5.74, 6) is 0.743. The van der Waals surface area contributed by atoms with Gasteiger partial charge in [0.1, 0.15) is 0 Å². The van der Waals surface area contributed by atoms with Crippen molar-refractivity contribution in [2.24, 2.45) is 0 Å². The molecule has 2 aromatic carbocycles. The van der Waals surface area contributed by atoms with E-state index >= 15 is 0 Å². The number of amides is 1. The van der Waals surface area contributed by atoms with Crippen molar-refractivity contribution in [3.05, 3.63) is 83.1 Å². The van der Waals surface area contributed by atoms with Gasteiger partial charge in [-0.15, -0.1) is 10.2 Å². The largest absolute Gasteiger partial charge is 0.325 e. The maximum atomic E-state index is 12.6. The molecule has 0 saturated carbocycles. The molecule has 156 valence electrons. The van der Waals surface area contributed by atoms with Crippen LogP contribution >= 0.6 is 23.4 Å². The normalized spacial score (nSPS) is 10.8. The zero-order chi connectivity index (χ0) is 21.8. The van der Waals surface area contributed by atoms with Gasteiger partial charge < -0.3 is 5.32 Å². The second-order valence-corrected chi connectivity index (χ2v) is 8.39. The van der Waals surface area contributed by atoms with Crippen LogP contribution in [0.15, 0.2) is 72.1 Å². The molecule has 0 atom stereocenters. The van der Waals surface area contributed by atoms with Gasteiger partial charge in [0.2, 0.25) is 5.91 Å². The van der Waals surface area contributed by atoms with E-state index in [1.54, 1.807) is 24.5 Å². The Hall–Kier alpha value is -3.16. The third-order valence-corrected chi connectivity index (χ3v) is 5.80. The number of nitrogens with one attached hydrogen (secondary N) is 1. The third-order valence-electron chi connectivity index (χ3n) is 4.64. The molecule has 1 N–H and O–H groups in total. The molecule has 2 heterocycles. The van der Waals surface area contributed by atoms with Crippen LogP contribution < -0.4 is 5.32 Å².